The molecular weight excluding hydrogens is 198 g/mol. The van der Waals surface area contributed by atoms with E-state index in [0.717, 1.165) is 18.2 Å². The summed E-state index contributed by atoms with van der Waals surface area (Å²) in [6.45, 7) is 9.79. The number of aromatic nitrogens is 2. The lowest BCUT2D eigenvalue weighted by Gasteiger charge is -2.26. The standard InChI is InChI=1S/C13H23N3/c1-9-12(10(2)16(5)15-9)8-14-13(3,4)11-6-7-11/h11,14H,6-8H2,1-5H3. The minimum absolute atomic E-state index is 0.273. The van der Waals surface area contributed by atoms with Crippen LogP contribution in [0.15, 0.2) is 0 Å². The van der Waals surface area contributed by atoms with Gasteiger partial charge in [-0.3, -0.25) is 4.68 Å². The number of nitrogens with one attached hydrogen (secondary N) is 1. The first-order valence-electron chi connectivity index (χ1n) is 6.16. The Hall–Kier alpha value is -0.830. The molecule has 0 atom stereocenters. The Bertz CT molecular complexity index is 386. The Balaban J connectivity index is 2.04. The third kappa shape index (κ3) is 2.14. The smallest absolute Gasteiger partial charge is 0.0641 e. The van der Waals surface area contributed by atoms with Crippen LogP contribution in [0.5, 0.6) is 0 Å². The monoisotopic (exact) mass is 221 g/mol. The van der Waals surface area contributed by atoms with Crippen LogP contribution in [0.3, 0.4) is 0 Å². The second-order valence-corrected chi connectivity index (χ2v) is 5.62. The molecule has 1 fully saturated rings. The van der Waals surface area contributed by atoms with Crippen molar-refractivity contribution in [3.63, 3.8) is 0 Å². The third-order valence-corrected chi connectivity index (χ3v) is 3.98. The minimum atomic E-state index is 0.273. The van der Waals surface area contributed by atoms with Gasteiger partial charge in [0.2, 0.25) is 0 Å². The van der Waals surface area contributed by atoms with Gasteiger partial charge in [-0.15, -0.1) is 0 Å². The van der Waals surface area contributed by atoms with Crippen LogP contribution >= 0.6 is 0 Å². The fraction of sp³-hybridized carbons (Fsp3) is 0.769. The summed E-state index contributed by atoms with van der Waals surface area (Å²) in [5, 5.41) is 8.13. The SMILES string of the molecule is Cc1nn(C)c(C)c1CNC(C)(C)C1CC1. The van der Waals surface area contributed by atoms with Crippen LogP contribution in [-0.2, 0) is 13.6 Å². The molecule has 3 heteroatoms. The van der Waals surface area contributed by atoms with Crippen molar-refractivity contribution in [2.75, 3.05) is 0 Å². The van der Waals surface area contributed by atoms with E-state index < -0.39 is 0 Å². The van der Waals surface area contributed by atoms with E-state index in [0.29, 0.717) is 0 Å². The molecule has 90 valence electrons. The van der Waals surface area contributed by atoms with Gasteiger partial charge >= 0.3 is 0 Å². The molecule has 0 radical (unpaired) electrons. The molecule has 0 spiro atoms. The summed E-state index contributed by atoms with van der Waals surface area (Å²) >= 11 is 0. The predicted molar refractivity (Wildman–Crippen MR) is 66.3 cm³/mol. The average Bonchev–Trinajstić information content (AvgIpc) is 2.97. The van der Waals surface area contributed by atoms with Crippen LogP contribution in [-0.4, -0.2) is 15.3 Å². The highest BCUT2D eigenvalue weighted by atomic mass is 15.3. The maximum absolute atomic E-state index is 4.45. The molecular formula is C13H23N3. The summed E-state index contributed by atoms with van der Waals surface area (Å²) in [4.78, 5) is 0. The molecule has 1 aromatic rings. The molecule has 1 N–H and O–H groups in total. The maximum Gasteiger partial charge on any atom is 0.0641 e. The quantitative estimate of drug-likeness (QED) is 0.845. The molecule has 0 saturated heterocycles. The molecule has 0 aliphatic heterocycles. The summed E-state index contributed by atoms with van der Waals surface area (Å²) in [6, 6.07) is 0. The molecule has 1 aromatic heterocycles. The lowest BCUT2D eigenvalue weighted by atomic mass is 9.98. The summed E-state index contributed by atoms with van der Waals surface area (Å²) in [7, 11) is 2.01. The Morgan fingerprint density at radius 1 is 1.38 bits per heavy atom. The Morgan fingerprint density at radius 2 is 2.00 bits per heavy atom. The van der Waals surface area contributed by atoms with E-state index >= 15 is 0 Å². The highest BCUT2D eigenvalue weighted by Crippen LogP contribution is 2.39. The number of aryl methyl sites for hydroxylation is 2. The zero-order valence-electron chi connectivity index (χ0n) is 11.1. The normalized spacial score (nSPS) is 16.8. The maximum atomic E-state index is 4.45. The van der Waals surface area contributed by atoms with Gasteiger partial charge in [0, 0.05) is 30.4 Å². The molecule has 0 bridgehead atoms. The summed E-state index contributed by atoms with van der Waals surface area (Å²) in [5.41, 5.74) is 4.06. The molecule has 16 heavy (non-hydrogen) atoms. The second-order valence-electron chi connectivity index (χ2n) is 5.62. The van der Waals surface area contributed by atoms with Crippen LogP contribution in [0.25, 0.3) is 0 Å². The van der Waals surface area contributed by atoms with Crippen LogP contribution in [0.4, 0.5) is 0 Å². The minimum Gasteiger partial charge on any atom is -0.307 e. The topological polar surface area (TPSA) is 29.9 Å². The van der Waals surface area contributed by atoms with E-state index in [-0.39, 0.29) is 5.54 Å². The largest absolute Gasteiger partial charge is 0.307 e. The van der Waals surface area contributed by atoms with Gasteiger partial charge in [0.15, 0.2) is 0 Å². The molecule has 1 aliphatic rings. The first kappa shape index (κ1) is 11.6. The first-order valence-corrected chi connectivity index (χ1v) is 6.16. The van der Waals surface area contributed by atoms with E-state index in [9.17, 15) is 0 Å². The van der Waals surface area contributed by atoms with Crippen molar-refractivity contribution < 1.29 is 0 Å². The van der Waals surface area contributed by atoms with Crippen LogP contribution in [0, 0.1) is 19.8 Å². The van der Waals surface area contributed by atoms with Gasteiger partial charge in [0.1, 0.15) is 0 Å². The molecule has 0 unspecified atom stereocenters. The fourth-order valence-electron chi connectivity index (χ4n) is 2.34. The first-order chi connectivity index (χ1) is 7.42. The Morgan fingerprint density at radius 3 is 2.44 bits per heavy atom. The van der Waals surface area contributed by atoms with E-state index in [4.69, 9.17) is 0 Å². The van der Waals surface area contributed by atoms with Crippen molar-refractivity contribution in [2.45, 2.75) is 52.6 Å². The molecule has 0 amide bonds. The number of hydrogen-bond acceptors (Lipinski definition) is 2. The average molecular weight is 221 g/mol. The van der Waals surface area contributed by atoms with Gasteiger partial charge in [0.25, 0.3) is 0 Å². The highest BCUT2D eigenvalue weighted by Gasteiger charge is 2.37. The Kier molecular flexibility index (Phi) is 2.82. The van der Waals surface area contributed by atoms with E-state index in [1.165, 1.54) is 24.1 Å². The van der Waals surface area contributed by atoms with Gasteiger partial charge in [-0.05, 0) is 46.5 Å². The van der Waals surface area contributed by atoms with Crippen molar-refractivity contribution in [3.05, 3.63) is 17.0 Å². The number of rotatable bonds is 4. The summed E-state index contributed by atoms with van der Waals surface area (Å²) in [6.07, 6.45) is 2.76. The van der Waals surface area contributed by atoms with Gasteiger partial charge in [-0.2, -0.15) is 5.10 Å². The van der Waals surface area contributed by atoms with Crippen molar-refractivity contribution in [2.24, 2.45) is 13.0 Å². The predicted octanol–water partition coefficient (Wildman–Crippen LogP) is 2.32. The molecule has 1 heterocycles. The molecule has 1 saturated carbocycles. The van der Waals surface area contributed by atoms with Gasteiger partial charge in [-0.25, -0.2) is 0 Å². The van der Waals surface area contributed by atoms with Crippen LogP contribution in [0.1, 0.15) is 43.6 Å². The van der Waals surface area contributed by atoms with Gasteiger partial charge in [-0.1, -0.05) is 0 Å². The lowest BCUT2D eigenvalue weighted by molar-refractivity contribution is 0.339. The van der Waals surface area contributed by atoms with Crippen LogP contribution < -0.4 is 5.32 Å². The summed E-state index contributed by atoms with van der Waals surface area (Å²) in [5.74, 6) is 0.866. The van der Waals surface area contributed by atoms with E-state index in [1.54, 1.807) is 0 Å². The molecule has 0 aromatic carbocycles. The van der Waals surface area contributed by atoms with Crippen molar-refractivity contribution in [1.82, 2.24) is 15.1 Å². The van der Waals surface area contributed by atoms with Gasteiger partial charge < -0.3 is 5.32 Å². The third-order valence-electron chi connectivity index (χ3n) is 3.98. The zero-order chi connectivity index (χ0) is 11.9. The van der Waals surface area contributed by atoms with Gasteiger partial charge in [0.05, 0.1) is 5.69 Å². The zero-order valence-corrected chi connectivity index (χ0v) is 11.1. The van der Waals surface area contributed by atoms with E-state index in [2.05, 4.69) is 38.1 Å². The van der Waals surface area contributed by atoms with Crippen molar-refractivity contribution >= 4 is 0 Å². The van der Waals surface area contributed by atoms with Crippen molar-refractivity contribution in [1.29, 1.82) is 0 Å². The lowest BCUT2D eigenvalue weighted by Crippen LogP contribution is -2.40. The van der Waals surface area contributed by atoms with E-state index in [1.807, 2.05) is 11.7 Å². The number of nitrogens with zero attached hydrogens (tertiary/aromatic N) is 2. The summed E-state index contributed by atoms with van der Waals surface area (Å²) < 4.78 is 1.97. The van der Waals surface area contributed by atoms with Crippen molar-refractivity contribution in [3.8, 4) is 0 Å². The second kappa shape index (κ2) is 3.88. The van der Waals surface area contributed by atoms with Crippen LogP contribution in [0.2, 0.25) is 0 Å². The highest BCUT2D eigenvalue weighted by molar-refractivity contribution is 5.24. The molecule has 2 rings (SSSR count). The Labute approximate surface area is 98.2 Å². The molecule has 1 aliphatic carbocycles. The fourth-order valence-corrected chi connectivity index (χ4v) is 2.34. The number of hydrogen-bond donors (Lipinski definition) is 1. The molecule has 3 nitrogen and oxygen atoms in total.